The number of nitrogens with zero attached hydrogens (tertiary/aromatic N) is 1. The van der Waals surface area contributed by atoms with Gasteiger partial charge < -0.3 is 10.2 Å². The third-order valence-corrected chi connectivity index (χ3v) is 4.47. The summed E-state index contributed by atoms with van der Waals surface area (Å²) < 4.78 is 27.5. The van der Waals surface area contributed by atoms with Crippen molar-refractivity contribution in [2.24, 2.45) is 0 Å². The standard InChI is InChI=1S/C15H21BrF2N2/c1-10(2)20-6-3-4-11(5-7-20)19-15-9-13(17)12(16)8-14(15)18/h8-11,19H,3-7H2,1-2H3. The van der Waals surface area contributed by atoms with Crippen LogP contribution in [0.4, 0.5) is 14.5 Å². The summed E-state index contributed by atoms with van der Waals surface area (Å²) >= 11 is 2.99. The highest BCUT2D eigenvalue weighted by Crippen LogP contribution is 2.25. The average Bonchev–Trinajstić information content (AvgIpc) is 2.61. The predicted octanol–water partition coefficient (Wildman–Crippen LogP) is 4.40. The van der Waals surface area contributed by atoms with Crippen molar-refractivity contribution in [1.82, 2.24) is 4.90 Å². The monoisotopic (exact) mass is 346 g/mol. The number of hydrogen-bond acceptors (Lipinski definition) is 2. The molecule has 2 nitrogen and oxygen atoms in total. The normalized spacial score (nSPS) is 21.0. The lowest BCUT2D eigenvalue weighted by atomic mass is 10.1. The fraction of sp³-hybridized carbons (Fsp3) is 0.600. The molecule has 112 valence electrons. The Hall–Kier alpha value is -0.680. The van der Waals surface area contributed by atoms with Crippen molar-refractivity contribution in [3.63, 3.8) is 0 Å². The highest BCUT2D eigenvalue weighted by Gasteiger charge is 2.19. The Labute approximate surface area is 127 Å². The van der Waals surface area contributed by atoms with Gasteiger partial charge in [-0.05, 0) is 61.7 Å². The van der Waals surface area contributed by atoms with Gasteiger partial charge in [-0.2, -0.15) is 0 Å². The molecule has 0 aliphatic carbocycles. The summed E-state index contributed by atoms with van der Waals surface area (Å²) in [4.78, 5) is 2.43. The van der Waals surface area contributed by atoms with Crippen LogP contribution in [0.3, 0.4) is 0 Å². The molecule has 20 heavy (non-hydrogen) atoms. The van der Waals surface area contributed by atoms with Crippen LogP contribution in [0.15, 0.2) is 16.6 Å². The molecule has 2 rings (SSSR count). The lowest BCUT2D eigenvalue weighted by molar-refractivity contribution is 0.230. The molecular weight excluding hydrogens is 326 g/mol. The second-order valence-electron chi connectivity index (χ2n) is 5.65. The number of rotatable bonds is 3. The van der Waals surface area contributed by atoms with E-state index in [0.29, 0.717) is 6.04 Å². The molecule has 5 heteroatoms. The molecule has 1 aromatic carbocycles. The molecule has 1 heterocycles. The first-order valence-corrected chi connectivity index (χ1v) is 7.92. The summed E-state index contributed by atoms with van der Waals surface area (Å²) in [7, 11) is 0. The van der Waals surface area contributed by atoms with Crippen LogP contribution in [0.25, 0.3) is 0 Å². The first kappa shape index (κ1) is 15.7. The Morgan fingerprint density at radius 2 is 1.95 bits per heavy atom. The molecular formula is C15H21BrF2N2. The smallest absolute Gasteiger partial charge is 0.147 e. The topological polar surface area (TPSA) is 15.3 Å². The maximum absolute atomic E-state index is 13.8. The number of hydrogen-bond donors (Lipinski definition) is 1. The molecule has 0 saturated carbocycles. The van der Waals surface area contributed by atoms with Gasteiger partial charge in [0.25, 0.3) is 0 Å². The van der Waals surface area contributed by atoms with Gasteiger partial charge in [0, 0.05) is 24.7 Å². The van der Waals surface area contributed by atoms with Gasteiger partial charge in [0.2, 0.25) is 0 Å². The minimum absolute atomic E-state index is 0.160. The van der Waals surface area contributed by atoms with Crippen LogP contribution in [0, 0.1) is 11.6 Å². The first-order valence-electron chi connectivity index (χ1n) is 7.12. The summed E-state index contributed by atoms with van der Waals surface area (Å²) in [6.07, 6.45) is 3.02. The van der Waals surface area contributed by atoms with E-state index in [4.69, 9.17) is 0 Å². The van der Waals surface area contributed by atoms with Gasteiger partial charge in [0.15, 0.2) is 0 Å². The summed E-state index contributed by atoms with van der Waals surface area (Å²) in [6, 6.07) is 3.14. The van der Waals surface area contributed by atoms with Crippen LogP contribution >= 0.6 is 15.9 Å². The maximum atomic E-state index is 13.8. The van der Waals surface area contributed by atoms with Crippen molar-refractivity contribution in [3.8, 4) is 0 Å². The Kier molecular flexibility index (Phi) is 5.38. The number of halogens is 3. The second kappa shape index (κ2) is 6.85. The molecule has 0 spiro atoms. The van der Waals surface area contributed by atoms with Gasteiger partial charge in [-0.1, -0.05) is 0 Å². The Bertz CT molecular complexity index is 465. The molecule has 1 N–H and O–H groups in total. The van der Waals surface area contributed by atoms with Crippen LogP contribution < -0.4 is 5.32 Å². The third-order valence-electron chi connectivity index (χ3n) is 3.86. The van der Waals surface area contributed by atoms with Crippen molar-refractivity contribution in [1.29, 1.82) is 0 Å². The molecule has 1 aliphatic heterocycles. The van der Waals surface area contributed by atoms with E-state index < -0.39 is 11.6 Å². The van der Waals surface area contributed by atoms with Crippen molar-refractivity contribution >= 4 is 21.6 Å². The quantitative estimate of drug-likeness (QED) is 0.816. The Balaban J connectivity index is 2.02. The van der Waals surface area contributed by atoms with E-state index in [2.05, 4.69) is 40.0 Å². The van der Waals surface area contributed by atoms with E-state index in [1.807, 2.05) is 0 Å². The van der Waals surface area contributed by atoms with Crippen LogP contribution in [-0.2, 0) is 0 Å². The fourth-order valence-corrected chi connectivity index (χ4v) is 2.95. The molecule has 1 atom stereocenters. The van der Waals surface area contributed by atoms with E-state index >= 15 is 0 Å². The van der Waals surface area contributed by atoms with E-state index in [1.165, 1.54) is 12.1 Å². The maximum Gasteiger partial charge on any atom is 0.147 e. The van der Waals surface area contributed by atoms with E-state index in [9.17, 15) is 8.78 Å². The molecule has 1 saturated heterocycles. The molecule has 1 fully saturated rings. The minimum Gasteiger partial charge on any atom is -0.380 e. The van der Waals surface area contributed by atoms with E-state index in [0.717, 1.165) is 32.4 Å². The minimum atomic E-state index is -0.439. The lowest BCUT2D eigenvalue weighted by Crippen LogP contribution is -2.32. The number of nitrogens with one attached hydrogen (secondary N) is 1. The van der Waals surface area contributed by atoms with Crippen LogP contribution in [-0.4, -0.2) is 30.1 Å². The van der Waals surface area contributed by atoms with Crippen molar-refractivity contribution < 1.29 is 8.78 Å². The summed E-state index contributed by atoms with van der Waals surface area (Å²) in [5.74, 6) is -0.852. The number of anilines is 1. The average molecular weight is 347 g/mol. The molecule has 1 aliphatic rings. The summed E-state index contributed by atoms with van der Waals surface area (Å²) in [5.41, 5.74) is 0.258. The second-order valence-corrected chi connectivity index (χ2v) is 6.50. The van der Waals surface area contributed by atoms with Gasteiger partial charge in [0.1, 0.15) is 11.6 Å². The largest absolute Gasteiger partial charge is 0.380 e. The zero-order valence-electron chi connectivity index (χ0n) is 11.9. The van der Waals surface area contributed by atoms with Crippen LogP contribution in [0.2, 0.25) is 0 Å². The number of likely N-dealkylation sites (tertiary alicyclic amines) is 1. The predicted molar refractivity (Wildman–Crippen MR) is 82.0 cm³/mol. The third kappa shape index (κ3) is 3.92. The van der Waals surface area contributed by atoms with Crippen LogP contribution in [0.5, 0.6) is 0 Å². The zero-order valence-corrected chi connectivity index (χ0v) is 13.5. The van der Waals surface area contributed by atoms with Crippen molar-refractivity contribution in [2.75, 3.05) is 18.4 Å². The molecule has 1 aromatic rings. The highest BCUT2D eigenvalue weighted by molar-refractivity contribution is 9.10. The molecule has 0 radical (unpaired) electrons. The van der Waals surface area contributed by atoms with Crippen molar-refractivity contribution in [3.05, 3.63) is 28.2 Å². The molecule has 0 bridgehead atoms. The first-order chi connectivity index (χ1) is 9.47. The van der Waals surface area contributed by atoms with E-state index in [1.54, 1.807) is 0 Å². The van der Waals surface area contributed by atoms with Crippen LogP contribution in [0.1, 0.15) is 33.1 Å². The molecule has 0 aromatic heterocycles. The lowest BCUT2D eigenvalue weighted by Gasteiger charge is -2.24. The van der Waals surface area contributed by atoms with Crippen molar-refractivity contribution in [2.45, 2.75) is 45.2 Å². The molecule has 0 amide bonds. The van der Waals surface area contributed by atoms with Gasteiger partial charge in [0.05, 0.1) is 10.2 Å². The highest BCUT2D eigenvalue weighted by atomic mass is 79.9. The SMILES string of the molecule is CC(C)N1CCCC(Nc2cc(F)c(Br)cc2F)CC1. The van der Waals surface area contributed by atoms with E-state index in [-0.39, 0.29) is 16.2 Å². The summed E-state index contributed by atoms with van der Waals surface area (Å²) in [5, 5.41) is 3.15. The summed E-state index contributed by atoms with van der Waals surface area (Å²) in [6.45, 7) is 6.46. The van der Waals surface area contributed by atoms with Gasteiger partial charge in [-0.15, -0.1) is 0 Å². The Morgan fingerprint density at radius 1 is 1.20 bits per heavy atom. The molecule has 1 unspecified atom stereocenters. The van der Waals surface area contributed by atoms with Gasteiger partial charge in [-0.25, -0.2) is 8.78 Å². The number of benzene rings is 1. The zero-order chi connectivity index (χ0) is 14.7. The van der Waals surface area contributed by atoms with Gasteiger partial charge >= 0.3 is 0 Å². The fourth-order valence-electron chi connectivity index (χ4n) is 2.63. The Morgan fingerprint density at radius 3 is 2.65 bits per heavy atom. The van der Waals surface area contributed by atoms with Gasteiger partial charge in [-0.3, -0.25) is 0 Å².